The second-order valence-corrected chi connectivity index (χ2v) is 8.73. The van der Waals surface area contributed by atoms with E-state index in [0.717, 1.165) is 5.52 Å². The van der Waals surface area contributed by atoms with E-state index in [4.69, 9.17) is 4.98 Å². The Morgan fingerprint density at radius 3 is 2.07 bits per heavy atom. The first-order valence-corrected chi connectivity index (χ1v) is 10.9. The predicted octanol–water partition coefficient (Wildman–Crippen LogP) is 7.70. The molecule has 7 rings (SSSR count). The molecule has 0 saturated heterocycles. The Balaban J connectivity index is 1.56. The molecular weight excluding hydrogens is 384 g/mol. The Hall–Kier alpha value is -3.69. The van der Waals surface area contributed by atoms with Gasteiger partial charge in [0.25, 0.3) is 0 Å². The molecule has 0 fully saturated rings. The second-order valence-electron chi connectivity index (χ2n) is 7.68. The summed E-state index contributed by atoms with van der Waals surface area (Å²) in [4.78, 5) is 4.85. The van der Waals surface area contributed by atoms with Gasteiger partial charge in [0.1, 0.15) is 0 Å². The third-order valence-electron chi connectivity index (χ3n) is 6.02. The van der Waals surface area contributed by atoms with Crippen molar-refractivity contribution in [3.05, 3.63) is 97.2 Å². The van der Waals surface area contributed by atoms with Crippen molar-refractivity contribution in [2.75, 3.05) is 0 Å². The maximum Gasteiger partial charge on any atom is 0.0894 e. The van der Waals surface area contributed by atoms with E-state index in [9.17, 15) is 0 Å². The highest BCUT2D eigenvalue weighted by atomic mass is 32.1. The number of thiophene rings is 1. The Kier molecular flexibility index (Phi) is 3.18. The summed E-state index contributed by atoms with van der Waals surface area (Å²) in [7, 11) is 0. The van der Waals surface area contributed by atoms with Crippen LogP contribution >= 0.6 is 11.3 Å². The van der Waals surface area contributed by atoms with Gasteiger partial charge in [0.05, 0.1) is 21.3 Å². The van der Waals surface area contributed by atoms with Gasteiger partial charge in [-0.2, -0.15) is 0 Å². The molecule has 0 aliphatic rings. The summed E-state index contributed by atoms with van der Waals surface area (Å²) in [5, 5.41) is 6.25. The molecule has 0 aliphatic carbocycles. The zero-order chi connectivity index (χ0) is 19.7. The molecule has 0 saturated carbocycles. The molecule has 0 spiro atoms. The smallest absolute Gasteiger partial charge is 0.0894 e. The van der Waals surface area contributed by atoms with Gasteiger partial charge in [0.2, 0.25) is 0 Å². The quantitative estimate of drug-likeness (QED) is 0.276. The fourth-order valence-electron chi connectivity index (χ4n) is 4.68. The van der Waals surface area contributed by atoms with Crippen molar-refractivity contribution in [3.8, 4) is 5.69 Å². The predicted molar refractivity (Wildman–Crippen MR) is 129 cm³/mol. The van der Waals surface area contributed by atoms with Crippen LogP contribution in [0.5, 0.6) is 0 Å². The molecular formula is C27H16N2S. The van der Waals surface area contributed by atoms with Crippen molar-refractivity contribution >= 4 is 64.2 Å². The van der Waals surface area contributed by atoms with E-state index < -0.39 is 0 Å². The zero-order valence-corrected chi connectivity index (χ0v) is 16.9. The number of hydrogen-bond acceptors (Lipinski definition) is 2. The molecule has 4 aromatic carbocycles. The summed E-state index contributed by atoms with van der Waals surface area (Å²) in [6.07, 6.45) is 2.02. The van der Waals surface area contributed by atoms with E-state index >= 15 is 0 Å². The first kappa shape index (κ1) is 16.1. The number of aromatic nitrogens is 2. The van der Waals surface area contributed by atoms with Crippen LogP contribution < -0.4 is 0 Å². The number of benzene rings is 4. The third-order valence-corrected chi connectivity index (χ3v) is 7.21. The number of para-hydroxylation sites is 2. The minimum Gasteiger partial charge on any atom is -0.309 e. The molecule has 0 bridgehead atoms. The highest BCUT2D eigenvalue weighted by Crippen LogP contribution is 2.38. The molecule has 3 heteroatoms. The van der Waals surface area contributed by atoms with E-state index in [1.54, 1.807) is 0 Å². The Morgan fingerprint density at radius 1 is 0.633 bits per heavy atom. The molecule has 7 aromatic rings. The molecule has 0 amide bonds. The summed E-state index contributed by atoms with van der Waals surface area (Å²) < 4.78 is 4.92. The number of fused-ring (bicyclic) bond motifs is 8. The van der Waals surface area contributed by atoms with Crippen LogP contribution in [0.15, 0.2) is 97.2 Å². The molecule has 3 heterocycles. The lowest BCUT2D eigenvalue weighted by molar-refractivity contribution is 1.19. The van der Waals surface area contributed by atoms with Crippen LogP contribution in [0, 0.1) is 0 Å². The van der Waals surface area contributed by atoms with E-state index in [2.05, 4.69) is 95.6 Å². The molecule has 0 unspecified atom stereocenters. The fourth-order valence-corrected chi connectivity index (χ4v) is 5.88. The van der Waals surface area contributed by atoms with E-state index in [1.165, 1.54) is 53.1 Å². The molecule has 0 radical (unpaired) electrons. The molecule has 2 nitrogen and oxygen atoms in total. The fraction of sp³-hybridized carbons (Fsp3) is 0. The van der Waals surface area contributed by atoms with Crippen LogP contribution in [0.25, 0.3) is 58.6 Å². The maximum atomic E-state index is 4.85. The van der Waals surface area contributed by atoms with E-state index in [1.807, 2.05) is 17.5 Å². The summed E-state index contributed by atoms with van der Waals surface area (Å²) in [5.74, 6) is 0. The summed E-state index contributed by atoms with van der Waals surface area (Å²) in [6, 6.07) is 32.6. The number of rotatable bonds is 1. The van der Waals surface area contributed by atoms with Gasteiger partial charge in [-0.25, -0.2) is 0 Å². The monoisotopic (exact) mass is 400 g/mol. The van der Waals surface area contributed by atoms with Crippen LogP contribution in [-0.2, 0) is 0 Å². The highest BCUT2D eigenvalue weighted by molar-refractivity contribution is 7.26. The van der Waals surface area contributed by atoms with Crippen LogP contribution in [0.1, 0.15) is 0 Å². The van der Waals surface area contributed by atoms with Crippen LogP contribution in [-0.4, -0.2) is 9.55 Å². The topological polar surface area (TPSA) is 17.8 Å². The van der Waals surface area contributed by atoms with Crippen molar-refractivity contribution < 1.29 is 0 Å². The summed E-state index contributed by atoms with van der Waals surface area (Å²) >= 11 is 1.83. The molecule has 0 aliphatic heterocycles. The van der Waals surface area contributed by atoms with Crippen LogP contribution in [0.4, 0.5) is 0 Å². The van der Waals surface area contributed by atoms with E-state index in [0.29, 0.717) is 0 Å². The van der Waals surface area contributed by atoms with Crippen molar-refractivity contribution in [1.82, 2.24) is 9.55 Å². The molecule has 0 atom stereocenters. The van der Waals surface area contributed by atoms with Gasteiger partial charge in [-0.15, -0.1) is 11.3 Å². The average Bonchev–Trinajstić information content (AvgIpc) is 3.35. The minimum absolute atomic E-state index is 1.10. The molecule has 3 aromatic heterocycles. The van der Waals surface area contributed by atoms with Crippen molar-refractivity contribution in [1.29, 1.82) is 0 Å². The highest BCUT2D eigenvalue weighted by Gasteiger charge is 2.13. The van der Waals surface area contributed by atoms with Gasteiger partial charge < -0.3 is 4.57 Å². The third kappa shape index (κ3) is 2.10. The van der Waals surface area contributed by atoms with Crippen molar-refractivity contribution in [2.45, 2.75) is 0 Å². The van der Waals surface area contributed by atoms with Crippen LogP contribution in [0.2, 0.25) is 0 Å². The van der Waals surface area contributed by atoms with Gasteiger partial charge in [-0.1, -0.05) is 60.7 Å². The summed E-state index contributed by atoms with van der Waals surface area (Å²) in [6.45, 7) is 0. The Bertz CT molecular complexity index is 1700. The number of hydrogen-bond donors (Lipinski definition) is 0. The minimum atomic E-state index is 1.10. The second kappa shape index (κ2) is 5.91. The lowest BCUT2D eigenvalue weighted by Crippen LogP contribution is -1.93. The lowest BCUT2D eigenvalue weighted by Gasteiger charge is -2.09. The average molecular weight is 401 g/mol. The first-order valence-electron chi connectivity index (χ1n) is 10.1. The van der Waals surface area contributed by atoms with Crippen LogP contribution in [0.3, 0.4) is 0 Å². The molecule has 30 heavy (non-hydrogen) atoms. The van der Waals surface area contributed by atoms with Gasteiger partial charge in [-0.3, -0.25) is 4.98 Å². The lowest BCUT2D eigenvalue weighted by atomic mass is 10.1. The van der Waals surface area contributed by atoms with Gasteiger partial charge in [-0.05, 0) is 30.3 Å². The maximum absolute atomic E-state index is 4.85. The largest absolute Gasteiger partial charge is 0.309 e. The molecule has 0 N–H and O–H groups in total. The normalized spacial score (nSPS) is 12.0. The SMILES string of the molecule is c1ccc2c(c1)sc1c3ccc(-n4c5ccccc5c5ccccc54)cc3cnc21. The zero-order valence-electron chi connectivity index (χ0n) is 16.0. The Labute approximate surface area is 176 Å². The first-order chi connectivity index (χ1) is 14.9. The van der Waals surface area contributed by atoms with Crippen molar-refractivity contribution in [3.63, 3.8) is 0 Å². The summed E-state index contributed by atoms with van der Waals surface area (Å²) in [5.41, 5.74) is 4.73. The van der Waals surface area contributed by atoms with Crippen molar-refractivity contribution in [2.24, 2.45) is 0 Å². The van der Waals surface area contributed by atoms with Gasteiger partial charge in [0, 0.05) is 43.5 Å². The Morgan fingerprint density at radius 2 is 1.30 bits per heavy atom. The van der Waals surface area contributed by atoms with Gasteiger partial charge in [0.15, 0.2) is 0 Å². The standard InChI is InChI=1S/C27H16N2S/c1-4-10-23-20(7-1)21-8-2-5-11-24(21)29(23)18-13-14-19-17(15-18)16-28-26-22-9-3-6-12-25(22)30-27(19)26/h1-16H. The number of pyridine rings is 1. The number of nitrogens with zero attached hydrogens (tertiary/aromatic N) is 2. The van der Waals surface area contributed by atoms with Gasteiger partial charge >= 0.3 is 0 Å². The van der Waals surface area contributed by atoms with E-state index in [-0.39, 0.29) is 0 Å². The molecule has 140 valence electrons.